The van der Waals surface area contributed by atoms with Gasteiger partial charge in [-0.2, -0.15) is 4.79 Å². The average Bonchev–Trinajstić information content (AvgIpc) is 2.95. The molecule has 1 heterocycles. The van der Waals surface area contributed by atoms with E-state index in [2.05, 4.69) is 4.79 Å². The topological polar surface area (TPSA) is 83.0 Å². The van der Waals surface area contributed by atoms with Gasteiger partial charge in [-0.05, 0) is 39.3 Å². The minimum atomic E-state index is -1.36. The third-order valence-corrected chi connectivity index (χ3v) is 3.93. The van der Waals surface area contributed by atoms with E-state index in [1.165, 1.54) is 0 Å². The summed E-state index contributed by atoms with van der Waals surface area (Å²) in [5, 5.41) is 0. The number of benzene rings is 1. The molecule has 26 heavy (non-hydrogen) atoms. The molecule has 2 atom stereocenters. The van der Waals surface area contributed by atoms with Gasteiger partial charge in [0.15, 0.2) is 11.6 Å². The van der Waals surface area contributed by atoms with E-state index in [9.17, 15) is 22.8 Å². The highest BCUT2D eigenvalue weighted by molar-refractivity contribution is 6.28. The summed E-state index contributed by atoms with van der Waals surface area (Å²) < 4.78 is 46.9. The average molecular weight is 369 g/mol. The fraction of sp³-hybridized carbons (Fsp3) is 0.471. The maximum atomic E-state index is 14.1. The Labute approximate surface area is 148 Å². The fourth-order valence-electron chi connectivity index (χ4n) is 2.90. The number of Topliss-reactive ketones (excluding diaryl/α,β-unsaturated/α-hetero) is 1. The minimum absolute atomic E-state index is 0.165. The van der Waals surface area contributed by atoms with Crippen molar-refractivity contribution in [3.8, 4) is 0 Å². The van der Waals surface area contributed by atoms with Crippen LogP contribution < -0.4 is 0 Å². The van der Waals surface area contributed by atoms with Crippen LogP contribution in [0.3, 0.4) is 0 Å². The number of hydrogen-bond acceptors (Lipinski definition) is 3. The molecule has 1 fully saturated rings. The number of likely N-dealkylation sites (tertiary alicyclic amines) is 1. The lowest BCUT2D eigenvalue weighted by atomic mass is 9.94. The molecule has 6 nitrogen and oxygen atoms in total. The van der Waals surface area contributed by atoms with Crippen LogP contribution in [0.15, 0.2) is 12.1 Å². The summed E-state index contributed by atoms with van der Waals surface area (Å²) in [4.78, 5) is 28.1. The van der Waals surface area contributed by atoms with Gasteiger partial charge in [-0.15, -0.1) is 0 Å². The van der Waals surface area contributed by atoms with Crippen molar-refractivity contribution in [2.75, 3.05) is 6.54 Å². The van der Waals surface area contributed by atoms with Crippen molar-refractivity contribution < 1.29 is 32.3 Å². The normalized spacial score (nSPS) is 19.8. The van der Waals surface area contributed by atoms with E-state index in [4.69, 9.17) is 10.3 Å². The fourth-order valence-corrected chi connectivity index (χ4v) is 2.90. The van der Waals surface area contributed by atoms with Crippen LogP contribution in [0.4, 0.5) is 18.0 Å². The van der Waals surface area contributed by atoms with Crippen molar-refractivity contribution in [3.05, 3.63) is 40.7 Å². The Morgan fingerprint density at radius 1 is 1.27 bits per heavy atom. The summed E-state index contributed by atoms with van der Waals surface area (Å²) in [6.07, 6.45) is -0.425. The largest absolute Gasteiger partial charge is 0.444 e. The first-order valence-corrected chi connectivity index (χ1v) is 7.89. The first-order valence-electron chi connectivity index (χ1n) is 7.89. The van der Waals surface area contributed by atoms with Gasteiger partial charge in [-0.3, -0.25) is 9.69 Å². The van der Waals surface area contributed by atoms with Gasteiger partial charge in [0.05, 0.1) is 0 Å². The minimum Gasteiger partial charge on any atom is -0.444 e. The molecule has 0 saturated carbocycles. The second-order valence-electron chi connectivity index (χ2n) is 6.98. The van der Waals surface area contributed by atoms with Crippen LogP contribution in [0.25, 0.3) is 5.53 Å². The number of ether oxygens (including phenoxy) is 1. The van der Waals surface area contributed by atoms with Crippen LogP contribution in [0.1, 0.15) is 38.7 Å². The van der Waals surface area contributed by atoms with Gasteiger partial charge in [-0.25, -0.2) is 18.0 Å². The molecule has 1 unspecified atom stereocenters. The molecule has 0 aromatic heterocycles. The van der Waals surface area contributed by atoms with Crippen LogP contribution >= 0.6 is 0 Å². The lowest BCUT2D eigenvalue weighted by Gasteiger charge is -2.27. The van der Waals surface area contributed by atoms with Gasteiger partial charge < -0.3 is 10.3 Å². The Morgan fingerprint density at radius 3 is 2.46 bits per heavy atom. The Balaban J connectivity index is 2.39. The Hall–Kier alpha value is -2.67. The van der Waals surface area contributed by atoms with E-state index in [0.717, 1.165) is 11.0 Å². The number of carbonyl (C=O) groups excluding carboxylic acids is 2. The molecule has 0 radical (unpaired) electrons. The van der Waals surface area contributed by atoms with Crippen molar-refractivity contribution in [1.29, 1.82) is 0 Å². The lowest BCUT2D eigenvalue weighted by molar-refractivity contribution is -0.120. The standard InChI is InChI=1S/C17H18F3N3O3/c1-17(2,3)26-16(25)23-8-9(6-12(23)13(24)7-22-21)14-10(18)4-5-11(19)15(14)20/h4-5,7,9,12H,6,8H2,1-3H3/t9-,12?/m0/s1. The number of amides is 1. The van der Waals surface area contributed by atoms with Crippen LogP contribution in [0, 0.1) is 17.5 Å². The first kappa shape index (κ1) is 19.7. The van der Waals surface area contributed by atoms with E-state index in [1.807, 2.05) is 0 Å². The Morgan fingerprint density at radius 2 is 1.88 bits per heavy atom. The molecule has 1 amide bonds. The molecular weight excluding hydrogens is 351 g/mol. The lowest BCUT2D eigenvalue weighted by Crippen LogP contribution is -2.43. The van der Waals surface area contributed by atoms with Crippen LogP contribution in [0.5, 0.6) is 0 Å². The van der Waals surface area contributed by atoms with Gasteiger partial charge >= 0.3 is 12.3 Å². The van der Waals surface area contributed by atoms with Crippen LogP contribution in [0.2, 0.25) is 0 Å². The highest BCUT2D eigenvalue weighted by Gasteiger charge is 2.44. The number of rotatable bonds is 3. The molecule has 0 N–H and O–H groups in total. The third kappa shape index (κ3) is 4.11. The van der Waals surface area contributed by atoms with Gasteiger partial charge in [-0.1, -0.05) is 0 Å². The summed E-state index contributed by atoms with van der Waals surface area (Å²) in [6.45, 7) is 4.62. The van der Waals surface area contributed by atoms with Crippen molar-refractivity contribution in [1.82, 2.24) is 4.90 Å². The summed E-state index contributed by atoms with van der Waals surface area (Å²) in [5.74, 6) is -5.25. The number of halogens is 3. The summed E-state index contributed by atoms with van der Waals surface area (Å²) >= 11 is 0. The maximum Gasteiger partial charge on any atom is 0.410 e. The van der Waals surface area contributed by atoms with Gasteiger partial charge in [0, 0.05) is 18.0 Å². The molecule has 9 heteroatoms. The molecule has 0 bridgehead atoms. The van der Waals surface area contributed by atoms with Gasteiger partial charge in [0.1, 0.15) is 17.5 Å². The van der Waals surface area contributed by atoms with E-state index in [0.29, 0.717) is 12.3 Å². The molecule has 1 aliphatic heterocycles. The maximum absolute atomic E-state index is 14.1. The van der Waals surface area contributed by atoms with Crippen molar-refractivity contribution in [2.24, 2.45) is 0 Å². The number of hydrogen-bond donors (Lipinski definition) is 0. The van der Waals surface area contributed by atoms with Crippen molar-refractivity contribution in [3.63, 3.8) is 0 Å². The predicted octanol–water partition coefficient (Wildman–Crippen LogP) is 3.07. The molecular formula is C17H18F3N3O3. The quantitative estimate of drug-likeness (QED) is 0.355. The van der Waals surface area contributed by atoms with E-state index < -0.39 is 52.5 Å². The van der Waals surface area contributed by atoms with Crippen LogP contribution in [-0.2, 0) is 9.53 Å². The highest BCUT2D eigenvalue weighted by atomic mass is 19.2. The number of carbonyl (C=O) groups is 2. The molecule has 1 saturated heterocycles. The van der Waals surface area contributed by atoms with Crippen molar-refractivity contribution >= 4 is 18.1 Å². The SMILES string of the molecule is CC(C)(C)OC(=O)N1C[C@@H](c2c(F)ccc(F)c2F)CC1C(=O)C=[N+]=[N-]. The predicted molar refractivity (Wildman–Crippen MR) is 85.1 cm³/mol. The highest BCUT2D eigenvalue weighted by Crippen LogP contribution is 2.36. The summed E-state index contributed by atoms with van der Waals surface area (Å²) in [7, 11) is 0. The second-order valence-corrected chi connectivity index (χ2v) is 6.98. The molecule has 1 aliphatic rings. The molecule has 140 valence electrons. The molecule has 0 spiro atoms. The zero-order valence-electron chi connectivity index (χ0n) is 14.5. The third-order valence-electron chi connectivity index (χ3n) is 3.93. The number of nitrogens with zero attached hydrogens (tertiary/aromatic N) is 3. The zero-order chi connectivity index (χ0) is 19.6. The van der Waals surface area contributed by atoms with Gasteiger partial charge in [0.25, 0.3) is 5.78 Å². The summed E-state index contributed by atoms with van der Waals surface area (Å²) in [6, 6.07) is 0.305. The molecule has 1 aromatic carbocycles. The zero-order valence-corrected chi connectivity index (χ0v) is 14.5. The monoisotopic (exact) mass is 369 g/mol. The molecule has 1 aromatic rings. The van der Waals surface area contributed by atoms with E-state index in [-0.39, 0.29) is 13.0 Å². The molecule has 2 rings (SSSR count). The Kier molecular flexibility index (Phi) is 5.51. The van der Waals surface area contributed by atoms with Crippen molar-refractivity contribution in [2.45, 2.75) is 44.8 Å². The van der Waals surface area contributed by atoms with E-state index in [1.54, 1.807) is 20.8 Å². The smallest absolute Gasteiger partial charge is 0.410 e. The van der Waals surface area contributed by atoms with E-state index >= 15 is 0 Å². The second kappa shape index (κ2) is 7.29. The summed E-state index contributed by atoms with van der Waals surface area (Å²) in [5.41, 5.74) is 7.17. The van der Waals surface area contributed by atoms with Crippen LogP contribution in [-0.4, -0.2) is 46.0 Å². The molecule has 0 aliphatic carbocycles. The first-order chi connectivity index (χ1) is 12.0. The Bertz CT molecular complexity index is 785. The number of ketones is 1. The van der Waals surface area contributed by atoms with Gasteiger partial charge in [0.2, 0.25) is 0 Å².